The van der Waals surface area contributed by atoms with Crippen LogP contribution in [0.25, 0.3) is 10.8 Å². The van der Waals surface area contributed by atoms with Crippen molar-refractivity contribution in [3.8, 4) is 11.5 Å². The van der Waals surface area contributed by atoms with Crippen LogP contribution in [-0.2, 0) is 9.63 Å². The summed E-state index contributed by atoms with van der Waals surface area (Å²) in [6, 6.07) is 17.0. The van der Waals surface area contributed by atoms with Crippen LogP contribution in [0.15, 0.2) is 59.8 Å². The predicted molar refractivity (Wildman–Crippen MR) is 111 cm³/mol. The number of carbonyl (C=O) groups is 1. The molecule has 3 aromatic carbocycles. The minimum absolute atomic E-state index is 0.218. The lowest BCUT2D eigenvalue weighted by Gasteiger charge is -2.09. The van der Waals surface area contributed by atoms with E-state index in [4.69, 9.17) is 25.9 Å². The second kappa shape index (κ2) is 9.10. The van der Waals surface area contributed by atoms with Gasteiger partial charge in [0.1, 0.15) is 0 Å². The van der Waals surface area contributed by atoms with Crippen LogP contribution in [0.5, 0.6) is 11.5 Å². The van der Waals surface area contributed by atoms with Crippen LogP contribution in [0.3, 0.4) is 0 Å². The Morgan fingerprint density at radius 2 is 1.86 bits per heavy atom. The van der Waals surface area contributed by atoms with Gasteiger partial charge in [-0.2, -0.15) is 0 Å². The largest absolute Gasteiger partial charge is 0.493 e. The van der Waals surface area contributed by atoms with Crippen molar-refractivity contribution in [1.82, 2.24) is 0 Å². The van der Waals surface area contributed by atoms with Crippen molar-refractivity contribution in [3.63, 3.8) is 0 Å². The van der Waals surface area contributed by atoms with Gasteiger partial charge in [0, 0.05) is 11.3 Å². The predicted octanol–water partition coefficient (Wildman–Crippen LogP) is 4.50. The van der Waals surface area contributed by atoms with Gasteiger partial charge in [0.2, 0.25) is 0 Å². The first kappa shape index (κ1) is 19.5. The van der Waals surface area contributed by atoms with E-state index in [9.17, 15) is 4.79 Å². The fourth-order valence-corrected chi connectivity index (χ4v) is 2.97. The Hall–Kier alpha value is -3.25. The number of methoxy groups -OCH3 is 2. The Bertz CT molecular complexity index is 1020. The summed E-state index contributed by atoms with van der Waals surface area (Å²) in [6.45, 7) is -0.218. The van der Waals surface area contributed by atoms with Crippen molar-refractivity contribution in [3.05, 3.63) is 65.2 Å². The Morgan fingerprint density at radius 1 is 1.07 bits per heavy atom. The van der Waals surface area contributed by atoms with Gasteiger partial charge in [-0.25, -0.2) is 0 Å². The zero-order chi connectivity index (χ0) is 19.9. The van der Waals surface area contributed by atoms with Gasteiger partial charge in [0.05, 0.1) is 25.5 Å². The Morgan fingerprint density at radius 3 is 2.61 bits per heavy atom. The minimum atomic E-state index is -0.308. The van der Waals surface area contributed by atoms with Crippen LogP contribution in [-0.4, -0.2) is 32.9 Å². The lowest BCUT2D eigenvalue weighted by atomic mass is 10.1. The molecule has 0 unspecified atom stereocenters. The van der Waals surface area contributed by atoms with Crippen molar-refractivity contribution >= 4 is 40.2 Å². The summed E-state index contributed by atoms with van der Waals surface area (Å²) in [4.78, 5) is 17.1. The number of rotatable bonds is 7. The molecule has 0 spiro atoms. The normalized spacial score (nSPS) is 10.8. The lowest BCUT2D eigenvalue weighted by molar-refractivity contribution is -0.120. The highest BCUT2D eigenvalue weighted by Gasteiger charge is 2.10. The first-order chi connectivity index (χ1) is 13.6. The van der Waals surface area contributed by atoms with Crippen LogP contribution in [0.4, 0.5) is 5.69 Å². The Kier molecular flexibility index (Phi) is 6.34. The molecule has 3 rings (SSSR count). The molecule has 0 heterocycles. The molecule has 0 aromatic heterocycles. The van der Waals surface area contributed by atoms with E-state index >= 15 is 0 Å². The molecule has 0 saturated heterocycles. The zero-order valence-corrected chi connectivity index (χ0v) is 16.2. The van der Waals surface area contributed by atoms with Crippen LogP contribution < -0.4 is 14.8 Å². The number of ether oxygens (including phenoxy) is 2. The van der Waals surface area contributed by atoms with E-state index in [1.807, 2.05) is 42.5 Å². The number of carbonyl (C=O) groups excluding carboxylic acids is 1. The molecule has 0 bridgehead atoms. The van der Waals surface area contributed by atoms with Gasteiger partial charge in [-0.3, -0.25) is 4.79 Å². The number of hydrogen-bond donors (Lipinski definition) is 1. The Balaban J connectivity index is 1.56. The maximum Gasteiger partial charge on any atom is 0.265 e. The average Bonchev–Trinajstić information content (AvgIpc) is 2.70. The van der Waals surface area contributed by atoms with Crippen molar-refractivity contribution in [2.24, 2.45) is 5.16 Å². The van der Waals surface area contributed by atoms with E-state index in [2.05, 4.69) is 10.5 Å². The van der Waals surface area contributed by atoms with Gasteiger partial charge < -0.3 is 19.6 Å². The molecule has 0 radical (unpaired) electrons. The van der Waals surface area contributed by atoms with Gasteiger partial charge in [0.15, 0.2) is 18.1 Å². The number of halogens is 1. The molecule has 0 aliphatic rings. The first-order valence-electron chi connectivity index (χ1n) is 8.46. The summed E-state index contributed by atoms with van der Waals surface area (Å²) in [5.41, 5.74) is 1.35. The summed E-state index contributed by atoms with van der Waals surface area (Å²) in [5.74, 6) is 0.611. The number of anilines is 1. The zero-order valence-electron chi connectivity index (χ0n) is 15.4. The Labute approximate surface area is 167 Å². The number of oxime groups is 1. The molecule has 1 amide bonds. The van der Waals surface area contributed by atoms with E-state index in [-0.39, 0.29) is 12.5 Å². The molecule has 7 heteroatoms. The van der Waals surface area contributed by atoms with Crippen LogP contribution >= 0.6 is 11.6 Å². The number of hydrogen-bond acceptors (Lipinski definition) is 5. The molecule has 3 aromatic rings. The summed E-state index contributed by atoms with van der Waals surface area (Å²) < 4.78 is 10.4. The van der Waals surface area contributed by atoms with E-state index in [0.29, 0.717) is 27.8 Å². The molecule has 0 fully saturated rings. The second-order valence-electron chi connectivity index (χ2n) is 5.86. The second-order valence-corrected chi connectivity index (χ2v) is 6.26. The summed E-state index contributed by atoms with van der Waals surface area (Å²) in [7, 11) is 3.03. The summed E-state index contributed by atoms with van der Waals surface area (Å²) in [5, 5.41) is 9.12. The molecule has 28 heavy (non-hydrogen) atoms. The van der Waals surface area contributed by atoms with Gasteiger partial charge in [-0.05, 0) is 35.0 Å². The highest BCUT2D eigenvalue weighted by atomic mass is 35.5. The quantitative estimate of drug-likeness (QED) is 0.470. The highest BCUT2D eigenvalue weighted by Crippen LogP contribution is 2.35. The molecule has 0 saturated carbocycles. The van der Waals surface area contributed by atoms with Gasteiger partial charge in [0.25, 0.3) is 5.91 Å². The smallest absolute Gasteiger partial charge is 0.265 e. The molecule has 0 atom stereocenters. The van der Waals surface area contributed by atoms with Crippen LogP contribution in [0.2, 0.25) is 5.02 Å². The molecular formula is C21H19ClN2O4. The molecular weight excluding hydrogens is 380 g/mol. The van der Waals surface area contributed by atoms with E-state index < -0.39 is 0 Å². The van der Waals surface area contributed by atoms with E-state index in [0.717, 1.165) is 10.8 Å². The topological polar surface area (TPSA) is 69.2 Å². The van der Waals surface area contributed by atoms with Crippen molar-refractivity contribution in [1.29, 1.82) is 0 Å². The summed E-state index contributed by atoms with van der Waals surface area (Å²) >= 11 is 6.14. The standard InChI is InChI=1S/C21H19ClN2O4/c1-26-19-10-14(9-18(22)21(19)27-2)12-23-28-13-20(25)24-17-8-7-15-5-3-4-6-16(15)11-17/h3-12H,13H2,1-2H3,(H,24,25)/b23-12-. The maximum absolute atomic E-state index is 12.0. The third kappa shape index (κ3) is 4.72. The first-order valence-corrected chi connectivity index (χ1v) is 8.84. The molecule has 1 N–H and O–H groups in total. The fraction of sp³-hybridized carbons (Fsp3) is 0.143. The van der Waals surface area contributed by atoms with Crippen molar-refractivity contribution in [2.75, 3.05) is 26.1 Å². The number of benzene rings is 3. The number of nitrogens with zero attached hydrogens (tertiary/aromatic N) is 1. The number of nitrogens with one attached hydrogen (secondary N) is 1. The van der Waals surface area contributed by atoms with E-state index in [1.54, 1.807) is 12.1 Å². The molecule has 0 aliphatic carbocycles. The van der Waals surface area contributed by atoms with Gasteiger partial charge in [-0.1, -0.05) is 47.1 Å². The SMILES string of the molecule is COc1cc(/C=N\OCC(=O)Nc2ccc3ccccc3c2)cc(Cl)c1OC. The van der Waals surface area contributed by atoms with Crippen molar-refractivity contribution < 1.29 is 19.1 Å². The molecule has 0 aliphatic heterocycles. The van der Waals surface area contributed by atoms with Gasteiger partial charge in [-0.15, -0.1) is 0 Å². The fourth-order valence-electron chi connectivity index (χ4n) is 2.67. The summed E-state index contributed by atoms with van der Waals surface area (Å²) in [6.07, 6.45) is 1.44. The van der Waals surface area contributed by atoms with E-state index in [1.165, 1.54) is 20.4 Å². The van der Waals surface area contributed by atoms with Gasteiger partial charge >= 0.3 is 0 Å². The average molecular weight is 399 g/mol. The molecule has 6 nitrogen and oxygen atoms in total. The third-order valence-corrected chi connectivity index (χ3v) is 4.24. The van der Waals surface area contributed by atoms with Crippen LogP contribution in [0.1, 0.15) is 5.56 Å². The number of fused-ring (bicyclic) bond motifs is 1. The molecule has 144 valence electrons. The maximum atomic E-state index is 12.0. The van der Waals surface area contributed by atoms with Crippen molar-refractivity contribution in [2.45, 2.75) is 0 Å². The minimum Gasteiger partial charge on any atom is -0.493 e. The van der Waals surface area contributed by atoms with Crippen LogP contribution in [0, 0.1) is 0 Å². The third-order valence-electron chi connectivity index (χ3n) is 3.96. The highest BCUT2D eigenvalue weighted by molar-refractivity contribution is 6.32. The lowest BCUT2D eigenvalue weighted by Crippen LogP contribution is -2.16. The number of amides is 1. The monoisotopic (exact) mass is 398 g/mol.